The van der Waals surface area contributed by atoms with E-state index in [2.05, 4.69) is 15.5 Å². The number of benzene rings is 2. The summed E-state index contributed by atoms with van der Waals surface area (Å²) in [7, 11) is 3.34. The first-order chi connectivity index (χ1) is 21.1. The molecule has 2 N–H and O–H groups in total. The smallest absolute Gasteiger partial charge is 0.409 e. The Bertz CT molecular complexity index is 1330. The second kappa shape index (κ2) is 17.3. The van der Waals surface area contributed by atoms with E-state index in [0.717, 1.165) is 5.56 Å². The van der Waals surface area contributed by atoms with Crippen molar-refractivity contribution in [2.45, 2.75) is 67.4 Å². The highest BCUT2D eigenvalue weighted by Gasteiger charge is 2.25. The van der Waals surface area contributed by atoms with Crippen LogP contribution < -0.4 is 5.32 Å². The number of ketones is 1. The van der Waals surface area contributed by atoms with Crippen LogP contribution in [-0.2, 0) is 20.9 Å². The predicted octanol–water partition coefficient (Wildman–Crippen LogP) is 6.64. The molecular formula is C34H49N5O6. The number of likely N-dealkylation sites (N-methyl/N-ethyl adjacent to an activating group) is 2. The van der Waals surface area contributed by atoms with Gasteiger partial charge in [0.2, 0.25) is 5.91 Å². The third-order valence-electron chi connectivity index (χ3n) is 7.52. The first kappa shape index (κ1) is 36.9. The average molecular weight is 624 g/mol. The van der Waals surface area contributed by atoms with Gasteiger partial charge in [0, 0.05) is 51.5 Å². The Morgan fingerprint density at radius 3 is 2.11 bits per heavy atom. The number of phenols is 1. The molecule has 246 valence electrons. The number of Topliss-reactive ketones (excluding diaryl/α,β-unsaturated/α-hetero) is 1. The Hall–Kier alpha value is -4.28. The van der Waals surface area contributed by atoms with Gasteiger partial charge < -0.3 is 25.0 Å². The summed E-state index contributed by atoms with van der Waals surface area (Å²) in [4.78, 5) is 52.5. The number of amides is 3. The minimum atomic E-state index is -0.492. The summed E-state index contributed by atoms with van der Waals surface area (Å²) in [6, 6.07) is 11.4. The van der Waals surface area contributed by atoms with Gasteiger partial charge in [0.25, 0.3) is 5.91 Å². The van der Waals surface area contributed by atoms with Crippen molar-refractivity contribution >= 4 is 35.1 Å². The SMILES string of the molecule is CC(C)C(C)C(=O)CCCCNC(=O)c1cc(N=Nc2ccc(COC(=O)N(C)CCN(C)C(=O)C(C)(C)C)cc2)ccc1O. The van der Waals surface area contributed by atoms with Gasteiger partial charge in [-0.2, -0.15) is 10.2 Å². The fourth-order valence-corrected chi connectivity index (χ4v) is 4.18. The van der Waals surface area contributed by atoms with Crippen molar-refractivity contribution in [2.24, 2.45) is 27.5 Å². The first-order valence-electron chi connectivity index (χ1n) is 15.4. The monoisotopic (exact) mass is 623 g/mol. The zero-order valence-corrected chi connectivity index (χ0v) is 27.9. The highest BCUT2D eigenvalue weighted by Crippen LogP contribution is 2.25. The minimum absolute atomic E-state index is 0.00153. The summed E-state index contributed by atoms with van der Waals surface area (Å²) < 4.78 is 5.39. The normalized spacial score (nSPS) is 12.2. The van der Waals surface area contributed by atoms with Crippen LogP contribution in [0.4, 0.5) is 16.2 Å². The van der Waals surface area contributed by atoms with Gasteiger partial charge in [0.05, 0.1) is 16.9 Å². The molecule has 0 aliphatic heterocycles. The largest absolute Gasteiger partial charge is 0.507 e. The van der Waals surface area contributed by atoms with Gasteiger partial charge >= 0.3 is 6.09 Å². The van der Waals surface area contributed by atoms with Crippen LogP contribution >= 0.6 is 0 Å². The van der Waals surface area contributed by atoms with E-state index in [1.165, 1.54) is 17.0 Å². The number of hydrogen-bond donors (Lipinski definition) is 2. The highest BCUT2D eigenvalue weighted by molar-refractivity contribution is 5.97. The Morgan fingerprint density at radius 2 is 1.49 bits per heavy atom. The molecule has 11 nitrogen and oxygen atoms in total. The number of unbranched alkanes of at least 4 members (excludes halogenated alkanes) is 1. The van der Waals surface area contributed by atoms with E-state index < -0.39 is 17.4 Å². The Balaban J connectivity index is 1.83. The number of ether oxygens (including phenoxy) is 1. The maximum Gasteiger partial charge on any atom is 0.409 e. The number of phenolic OH excluding ortho intramolecular Hbond substituents is 1. The molecule has 0 fully saturated rings. The molecule has 0 aliphatic carbocycles. The van der Waals surface area contributed by atoms with E-state index in [0.29, 0.717) is 56.2 Å². The molecule has 45 heavy (non-hydrogen) atoms. The molecule has 0 saturated carbocycles. The number of carbonyl (C=O) groups excluding carboxylic acids is 4. The van der Waals surface area contributed by atoms with Crippen molar-refractivity contribution in [3.8, 4) is 5.75 Å². The van der Waals surface area contributed by atoms with E-state index >= 15 is 0 Å². The van der Waals surface area contributed by atoms with E-state index in [1.54, 1.807) is 49.3 Å². The van der Waals surface area contributed by atoms with Crippen molar-refractivity contribution in [1.29, 1.82) is 0 Å². The lowest BCUT2D eigenvalue weighted by atomic mass is 9.91. The quantitative estimate of drug-likeness (QED) is 0.168. The molecule has 2 aromatic carbocycles. The lowest BCUT2D eigenvalue weighted by Crippen LogP contribution is -2.41. The molecule has 0 bridgehead atoms. The standard InChI is InChI=1S/C34H49N5O6/c1-23(2)24(3)29(40)11-9-10-18-35-31(42)28-21-27(16-17-30(28)41)37-36-26-14-12-25(13-15-26)22-45-33(44)39(8)20-19-38(7)32(43)34(4,5)6/h12-17,21,23-24,41H,9-11,18-20,22H2,1-8H3,(H,35,42). The van der Waals surface area contributed by atoms with Crippen LogP contribution in [0.1, 0.15) is 76.7 Å². The first-order valence-corrected chi connectivity index (χ1v) is 15.4. The molecule has 2 rings (SSSR count). The van der Waals surface area contributed by atoms with Gasteiger partial charge in [-0.15, -0.1) is 0 Å². The third kappa shape index (κ3) is 12.3. The van der Waals surface area contributed by atoms with Crippen LogP contribution in [0.15, 0.2) is 52.7 Å². The predicted molar refractivity (Wildman–Crippen MR) is 174 cm³/mol. The number of azo groups is 1. The molecule has 0 saturated heterocycles. The fourth-order valence-electron chi connectivity index (χ4n) is 4.18. The topological polar surface area (TPSA) is 141 Å². The van der Waals surface area contributed by atoms with E-state index in [4.69, 9.17) is 4.74 Å². The lowest BCUT2D eigenvalue weighted by Gasteiger charge is -2.27. The van der Waals surface area contributed by atoms with Crippen molar-refractivity contribution in [3.63, 3.8) is 0 Å². The summed E-state index contributed by atoms with van der Waals surface area (Å²) in [5.41, 5.74) is 1.30. The van der Waals surface area contributed by atoms with Gasteiger partial charge in [-0.1, -0.05) is 53.7 Å². The van der Waals surface area contributed by atoms with Crippen molar-refractivity contribution in [3.05, 3.63) is 53.6 Å². The number of hydrogen-bond acceptors (Lipinski definition) is 8. The van der Waals surface area contributed by atoms with Gasteiger partial charge in [-0.3, -0.25) is 14.4 Å². The van der Waals surface area contributed by atoms with Crippen molar-refractivity contribution in [1.82, 2.24) is 15.1 Å². The molecular weight excluding hydrogens is 574 g/mol. The molecule has 1 unspecified atom stereocenters. The molecule has 3 amide bonds. The molecule has 0 radical (unpaired) electrons. The second-order valence-electron chi connectivity index (χ2n) is 12.7. The van der Waals surface area contributed by atoms with Crippen LogP contribution in [-0.4, -0.2) is 72.3 Å². The van der Waals surface area contributed by atoms with Crippen LogP contribution in [0.2, 0.25) is 0 Å². The Labute approximate surface area is 267 Å². The fraction of sp³-hybridized carbons (Fsp3) is 0.529. The van der Waals surface area contributed by atoms with Crippen molar-refractivity contribution < 1.29 is 29.0 Å². The molecule has 0 aliphatic rings. The average Bonchev–Trinajstić information content (AvgIpc) is 3.00. The minimum Gasteiger partial charge on any atom is -0.507 e. The van der Waals surface area contributed by atoms with Crippen molar-refractivity contribution in [2.75, 3.05) is 33.7 Å². The maximum atomic E-state index is 12.6. The molecule has 0 aromatic heterocycles. The lowest BCUT2D eigenvalue weighted by molar-refractivity contribution is -0.138. The number of nitrogens with zero attached hydrogens (tertiary/aromatic N) is 4. The number of carbonyl (C=O) groups is 4. The summed E-state index contributed by atoms with van der Waals surface area (Å²) in [6.07, 6.45) is 1.34. The number of rotatable bonds is 15. The van der Waals surface area contributed by atoms with Gasteiger partial charge in [-0.05, 0) is 54.7 Å². The highest BCUT2D eigenvalue weighted by atomic mass is 16.6. The summed E-state index contributed by atoms with van der Waals surface area (Å²) >= 11 is 0. The van der Waals surface area contributed by atoms with Crippen LogP contribution in [0.25, 0.3) is 0 Å². The number of nitrogens with one attached hydrogen (secondary N) is 1. The Morgan fingerprint density at radius 1 is 0.889 bits per heavy atom. The van der Waals surface area contributed by atoms with E-state index in [9.17, 15) is 24.3 Å². The molecule has 0 spiro atoms. The Kier molecular flexibility index (Phi) is 14.2. The van der Waals surface area contributed by atoms with E-state index in [-0.39, 0.29) is 35.5 Å². The van der Waals surface area contributed by atoms with Gasteiger partial charge in [-0.25, -0.2) is 4.79 Å². The zero-order valence-electron chi connectivity index (χ0n) is 27.9. The third-order valence-corrected chi connectivity index (χ3v) is 7.52. The van der Waals surface area contributed by atoms with Crippen LogP contribution in [0.3, 0.4) is 0 Å². The second-order valence-corrected chi connectivity index (χ2v) is 12.7. The van der Waals surface area contributed by atoms with Gasteiger partial charge in [0.1, 0.15) is 18.1 Å². The zero-order chi connectivity index (χ0) is 33.7. The van der Waals surface area contributed by atoms with Gasteiger partial charge in [0.15, 0.2) is 0 Å². The van der Waals surface area contributed by atoms with Crippen LogP contribution in [0, 0.1) is 17.3 Å². The summed E-state index contributed by atoms with van der Waals surface area (Å²) in [5.74, 6) is -0.0180. The van der Waals surface area contributed by atoms with Crippen LogP contribution in [0.5, 0.6) is 5.75 Å². The molecule has 0 heterocycles. The molecule has 2 aromatic rings. The summed E-state index contributed by atoms with van der Waals surface area (Å²) in [5, 5.41) is 21.4. The maximum absolute atomic E-state index is 12.6. The van der Waals surface area contributed by atoms with E-state index in [1.807, 2.05) is 41.5 Å². The molecule has 11 heteroatoms. The number of aromatic hydroxyl groups is 1. The summed E-state index contributed by atoms with van der Waals surface area (Å²) in [6.45, 7) is 12.8. The molecule has 1 atom stereocenters.